The molecule has 0 bridgehead atoms. The van der Waals surface area contributed by atoms with E-state index in [1.54, 1.807) is 11.3 Å². The number of carbonyl (C=O) groups is 1. The van der Waals surface area contributed by atoms with Crippen LogP contribution in [0.3, 0.4) is 0 Å². The number of amides is 1. The van der Waals surface area contributed by atoms with Gasteiger partial charge in [0.15, 0.2) is 0 Å². The molecule has 0 spiro atoms. The predicted octanol–water partition coefficient (Wildman–Crippen LogP) is 1.95. The highest BCUT2D eigenvalue weighted by atomic mass is 32.1. The quantitative estimate of drug-likeness (QED) is 0.876. The van der Waals surface area contributed by atoms with Crippen LogP contribution in [-0.4, -0.2) is 17.4 Å². The number of rotatable bonds is 5. The number of thiazole rings is 1. The van der Waals surface area contributed by atoms with Crippen LogP contribution in [0.4, 0.5) is 0 Å². The summed E-state index contributed by atoms with van der Waals surface area (Å²) in [6.07, 6.45) is 0.334. The van der Waals surface area contributed by atoms with Crippen molar-refractivity contribution in [2.75, 3.05) is 6.54 Å². The van der Waals surface area contributed by atoms with Crippen LogP contribution in [0.1, 0.15) is 18.2 Å². The maximum absolute atomic E-state index is 11.5. The van der Waals surface area contributed by atoms with E-state index in [0.717, 1.165) is 21.8 Å². The van der Waals surface area contributed by atoms with Crippen LogP contribution >= 0.6 is 11.3 Å². The van der Waals surface area contributed by atoms with E-state index >= 15 is 0 Å². The number of nitrogens with two attached hydrogens (primary N) is 1. The number of aromatic nitrogens is 1. The second-order valence-electron chi connectivity index (χ2n) is 4.18. The summed E-state index contributed by atoms with van der Waals surface area (Å²) < 4.78 is 0. The van der Waals surface area contributed by atoms with E-state index in [4.69, 9.17) is 5.73 Å². The SMILES string of the molecule is CCNC(=O)Cc1csc(-c2cccc(CN)c2)n1. The lowest BCUT2D eigenvalue weighted by Gasteiger charge is -2.00. The molecule has 2 aromatic rings. The Morgan fingerprint density at radius 2 is 2.32 bits per heavy atom. The molecule has 1 aromatic heterocycles. The van der Waals surface area contributed by atoms with Crippen molar-refractivity contribution in [2.45, 2.75) is 19.9 Å². The molecule has 100 valence electrons. The van der Waals surface area contributed by atoms with Crippen LogP contribution in [0.15, 0.2) is 29.6 Å². The minimum atomic E-state index is 0.00931. The molecule has 2 rings (SSSR count). The van der Waals surface area contributed by atoms with E-state index in [2.05, 4.69) is 10.3 Å². The first-order chi connectivity index (χ1) is 9.22. The van der Waals surface area contributed by atoms with Gasteiger partial charge in [-0.05, 0) is 18.6 Å². The van der Waals surface area contributed by atoms with Crippen molar-refractivity contribution in [3.63, 3.8) is 0 Å². The number of benzene rings is 1. The molecule has 5 heteroatoms. The van der Waals surface area contributed by atoms with Gasteiger partial charge in [0.2, 0.25) is 5.91 Å². The molecule has 19 heavy (non-hydrogen) atoms. The molecule has 1 amide bonds. The predicted molar refractivity (Wildman–Crippen MR) is 77.8 cm³/mol. The molecule has 0 saturated carbocycles. The fourth-order valence-corrected chi connectivity index (χ4v) is 2.59. The molecule has 0 saturated heterocycles. The van der Waals surface area contributed by atoms with Crippen LogP contribution < -0.4 is 11.1 Å². The molecule has 0 aliphatic carbocycles. The molecule has 0 aliphatic heterocycles. The summed E-state index contributed by atoms with van der Waals surface area (Å²) in [5, 5.41) is 5.63. The summed E-state index contributed by atoms with van der Waals surface area (Å²) in [5.41, 5.74) is 8.57. The van der Waals surface area contributed by atoms with E-state index in [-0.39, 0.29) is 5.91 Å². The van der Waals surface area contributed by atoms with E-state index in [0.29, 0.717) is 19.5 Å². The van der Waals surface area contributed by atoms with Gasteiger partial charge >= 0.3 is 0 Å². The molecule has 0 atom stereocenters. The maximum Gasteiger partial charge on any atom is 0.226 e. The molecule has 1 heterocycles. The summed E-state index contributed by atoms with van der Waals surface area (Å²) in [4.78, 5) is 16.0. The van der Waals surface area contributed by atoms with Crippen LogP contribution in [0.25, 0.3) is 10.6 Å². The summed E-state index contributed by atoms with van der Waals surface area (Å²) in [5.74, 6) is 0.00931. The highest BCUT2D eigenvalue weighted by Gasteiger charge is 2.08. The monoisotopic (exact) mass is 275 g/mol. The van der Waals surface area contributed by atoms with Crippen molar-refractivity contribution in [1.82, 2.24) is 10.3 Å². The first kappa shape index (κ1) is 13.7. The number of carbonyl (C=O) groups excluding carboxylic acids is 1. The average Bonchev–Trinajstić information content (AvgIpc) is 2.87. The van der Waals surface area contributed by atoms with Crippen molar-refractivity contribution in [3.8, 4) is 10.6 Å². The Bertz CT molecular complexity index is 565. The average molecular weight is 275 g/mol. The summed E-state index contributed by atoms with van der Waals surface area (Å²) >= 11 is 1.55. The van der Waals surface area contributed by atoms with E-state index in [1.165, 1.54) is 0 Å². The molecule has 3 N–H and O–H groups in total. The molecule has 0 unspecified atom stereocenters. The Kier molecular flexibility index (Phi) is 4.65. The second-order valence-corrected chi connectivity index (χ2v) is 5.04. The third-order valence-electron chi connectivity index (χ3n) is 2.68. The Morgan fingerprint density at radius 1 is 1.47 bits per heavy atom. The lowest BCUT2D eigenvalue weighted by Crippen LogP contribution is -2.24. The van der Waals surface area contributed by atoms with E-state index in [1.807, 2.05) is 36.6 Å². The Morgan fingerprint density at radius 3 is 3.05 bits per heavy atom. The first-order valence-electron chi connectivity index (χ1n) is 6.23. The van der Waals surface area contributed by atoms with Gasteiger partial charge in [-0.15, -0.1) is 11.3 Å². The Balaban J connectivity index is 2.13. The lowest BCUT2D eigenvalue weighted by molar-refractivity contribution is -0.120. The molecule has 0 fully saturated rings. The minimum Gasteiger partial charge on any atom is -0.356 e. The van der Waals surface area contributed by atoms with Crippen LogP contribution in [0, 0.1) is 0 Å². The van der Waals surface area contributed by atoms with Gasteiger partial charge in [-0.2, -0.15) is 0 Å². The molecule has 1 aromatic carbocycles. The van der Waals surface area contributed by atoms with Crippen LogP contribution in [0.5, 0.6) is 0 Å². The fraction of sp³-hybridized carbons (Fsp3) is 0.286. The van der Waals surface area contributed by atoms with Gasteiger partial charge in [0.25, 0.3) is 0 Å². The van der Waals surface area contributed by atoms with Gasteiger partial charge in [-0.3, -0.25) is 4.79 Å². The van der Waals surface area contributed by atoms with Gasteiger partial charge in [-0.1, -0.05) is 18.2 Å². The minimum absolute atomic E-state index is 0.00931. The highest BCUT2D eigenvalue weighted by molar-refractivity contribution is 7.13. The molecule has 0 aliphatic rings. The van der Waals surface area contributed by atoms with E-state index in [9.17, 15) is 4.79 Å². The zero-order valence-electron chi connectivity index (χ0n) is 10.8. The standard InChI is InChI=1S/C14H17N3OS/c1-2-16-13(18)7-12-9-19-14(17-12)11-5-3-4-10(6-11)8-15/h3-6,9H,2,7-8,15H2,1H3,(H,16,18). The summed E-state index contributed by atoms with van der Waals surface area (Å²) in [6.45, 7) is 3.07. The van der Waals surface area contributed by atoms with Gasteiger partial charge in [0.05, 0.1) is 12.1 Å². The number of likely N-dealkylation sites (N-methyl/N-ethyl adjacent to an activating group) is 1. The largest absolute Gasteiger partial charge is 0.356 e. The zero-order chi connectivity index (χ0) is 13.7. The third kappa shape index (κ3) is 3.62. The summed E-state index contributed by atoms with van der Waals surface area (Å²) in [7, 11) is 0. The Labute approximate surface area is 116 Å². The lowest BCUT2D eigenvalue weighted by atomic mass is 10.1. The van der Waals surface area contributed by atoms with Crippen LogP contribution in [-0.2, 0) is 17.8 Å². The molecular formula is C14H17N3OS. The summed E-state index contributed by atoms with van der Waals surface area (Å²) in [6, 6.07) is 8.01. The topological polar surface area (TPSA) is 68.0 Å². The van der Waals surface area contributed by atoms with E-state index < -0.39 is 0 Å². The van der Waals surface area contributed by atoms with Crippen molar-refractivity contribution < 1.29 is 4.79 Å². The van der Waals surface area contributed by atoms with Crippen LogP contribution in [0.2, 0.25) is 0 Å². The smallest absolute Gasteiger partial charge is 0.226 e. The zero-order valence-corrected chi connectivity index (χ0v) is 11.7. The third-order valence-corrected chi connectivity index (χ3v) is 3.62. The normalized spacial score (nSPS) is 10.4. The Hall–Kier alpha value is -1.72. The number of nitrogens with zero attached hydrogens (tertiary/aromatic N) is 1. The fourth-order valence-electron chi connectivity index (χ4n) is 1.78. The second kappa shape index (κ2) is 6.45. The van der Waals surface area contributed by atoms with Crippen molar-refractivity contribution in [2.24, 2.45) is 5.73 Å². The van der Waals surface area contributed by atoms with Gasteiger partial charge in [0, 0.05) is 24.0 Å². The molecule has 4 nitrogen and oxygen atoms in total. The van der Waals surface area contributed by atoms with Gasteiger partial charge in [0.1, 0.15) is 5.01 Å². The van der Waals surface area contributed by atoms with Crippen molar-refractivity contribution >= 4 is 17.2 Å². The maximum atomic E-state index is 11.5. The molecule has 0 radical (unpaired) electrons. The number of nitrogens with one attached hydrogen (secondary N) is 1. The van der Waals surface area contributed by atoms with Gasteiger partial charge < -0.3 is 11.1 Å². The van der Waals surface area contributed by atoms with Gasteiger partial charge in [-0.25, -0.2) is 4.98 Å². The number of hydrogen-bond acceptors (Lipinski definition) is 4. The van der Waals surface area contributed by atoms with Crippen molar-refractivity contribution in [3.05, 3.63) is 40.9 Å². The molecular weight excluding hydrogens is 258 g/mol. The number of hydrogen-bond donors (Lipinski definition) is 2. The first-order valence-corrected chi connectivity index (χ1v) is 7.11. The highest BCUT2D eigenvalue weighted by Crippen LogP contribution is 2.24. The van der Waals surface area contributed by atoms with Crippen molar-refractivity contribution in [1.29, 1.82) is 0 Å².